The van der Waals surface area contributed by atoms with Crippen LogP contribution in [0.4, 0.5) is 0 Å². The maximum atomic E-state index is 9.99. The van der Waals surface area contributed by atoms with Crippen molar-refractivity contribution < 1.29 is 5.11 Å². The molecule has 0 heterocycles. The number of hydrogen-bond acceptors (Lipinski definition) is 1. The molecule has 2 rings (SSSR count). The highest BCUT2D eigenvalue weighted by molar-refractivity contribution is 7.45. The Balaban J connectivity index is 1.99. The Labute approximate surface area is 150 Å². The molecule has 0 saturated carbocycles. The fraction of sp³-hybridized carbons (Fsp3) is 0.636. The summed E-state index contributed by atoms with van der Waals surface area (Å²) in [5, 5.41) is 9.99. The van der Waals surface area contributed by atoms with Crippen LogP contribution in [0.2, 0.25) is 0 Å². The number of aliphatic hydroxyl groups excluding tert-OH is 1. The van der Waals surface area contributed by atoms with E-state index < -0.39 is 0 Å². The zero-order valence-corrected chi connectivity index (χ0v) is 17.3. The minimum Gasteiger partial charge on any atom is -0.393 e. The van der Waals surface area contributed by atoms with E-state index in [4.69, 9.17) is 0 Å². The number of hydrogen-bond donors (Lipinski definition) is 1. The van der Waals surface area contributed by atoms with Gasteiger partial charge in [-0.05, 0) is 54.4 Å². The predicted octanol–water partition coefficient (Wildman–Crippen LogP) is 6.43. The second-order valence-electron chi connectivity index (χ2n) is 9.00. The van der Waals surface area contributed by atoms with Crippen LogP contribution in [0.3, 0.4) is 0 Å². The lowest BCUT2D eigenvalue weighted by atomic mass is 9.67. The summed E-state index contributed by atoms with van der Waals surface area (Å²) in [4.78, 5) is 0. The van der Waals surface area contributed by atoms with Gasteiger partial charge in [-0.3, -0.25) is 0 Å². The smallest absolute Gasteiger partial charge is 0.0585 e. The SMILES string of the molecule is CC1=C(/C=C/P/C=C/[C@H]2C(C)C=CCC2(C)C)C(C)(C)C[C@H](O)C1. The summed E-state index contributed by atoms with van der Waals surface area (Å²) in [5.41, 5.74) is 3.20. The third-order valence-corrected chi connectivity index (χ3v) is 6.52. The van der Waals surface area contributed by atoms with E-state index in [2.05, 4.69) is 77.5 Å². The lowest BCUT2D eigenvalue weighted by Crippen LogP contribution is -2.29. The van der Waals surface area contributed by atoms with Gasteiger partial charge in [-0.2, -0.15) is 0 Å². The summed E-state index contributed by atoms with van der Waals surface area (Å²) in [7, 11) is 0.724. The third kappa shape index (κ3) is 4.70. The molecule has 1 N–H and O–H groups in total. The van der Waals surface area contributed by atoms with E-state index in [1.54, 1.807) is 0 Å². The first-order chi connectivity index (χ1) is 11.1. The Kier molecular flexibility index (Phi) is 6.32. The Bertz CT molecular complexity index is 563. The molecule has 0 radical (unpaired) electrons. The number of aliphatic hydroxyl groups is 1. The quantitative estimate of drug-likeness (QED) is 0.459. The third-order valence-electron chi connectivity index (χ3n) is 5.78. The van der Waals surface area contributed by atoms with Crippen molar-refractivity contribution in [1.82, 2.24) is 0 Å². The highest BCUT2D eigenvalue weighted by atomic mass is 31.1. The first-order valence-corrected chi connectivity index (χ1v) is 10.4. The molecule has 4 atom stereocenters. The first-order valence-electron chi connectivity index (χ1n) is 9.28. The highest BCUT2D eigenvalue weighted by Gasteiger charge is 2.32. The molecule has 0 aromatic carbocycles. The van der Waals surface area contributed by atoms with E-state index in [1.807, 2.05) is 0 Å². The summed E-state index contributed by atoms with van der Waals surface area (Å²) < 4.78 is 0. The maximum absolute atomic E-state index is 9.99. The molecular formula is C22H35OP. The van der Waals surface area contributed by atoms with Crippen LogP contribution in [-0.4, -0.2) is 11.2 Å². The average Bonchev–Trinajstić information content (AvgIpc) is 2.42. The second kappa shape index (κ2) is 7.71. The van der Waals surface area contributed by atoms with Crippen LogP contribution in [0.5, 0.6) is 0 Å². The summed E-state index contributed by atoms with van der Waals surface area (Å²) >= 11 is 0. The molecule has 0 saturated heterocycles. The number of rotatable bonds is 4. The van der Waals surface area contributed by atoms with Crippen LogP contribution in [0, 0.1) is 22.7 Å². The lowest BCUT2D eigenvalue weighted by Gasteiger charge is -2.38. The van der Waals surface area contributed by atoms with Gasteiger partial charge in [0.25, 0.3) is 0 Å². The molecule has 2 aliphatic carbocycles. The fourth-order valence-corrected chi connectivity index (χ4v) is 5.21. The molecule has 2 heteroatoms. The molecule has 0 fully saturated rings. The fourth-order valence-electron chi connectivity index (χ4n) is 4.52. The minimum atomic E-state index is -0.178. The number of allylic oxidation sites excluding steroid dienone is 5. The monoisotopic (exact) mass is 346 g/mol. The van der Waals surface area contributed by atoms with Gasteiger partial charge in [0.15, 0.2) is 0 Å². The molecule has 2 unspecified atom stereocenters. The van der Waals surface area contributed by atoms with Crippen molar-refractivity contribution in [3.8, 4) is 0 Å². The Morgan fingerprint density at radius 2 is 1.92 bits per heavy atom. The van der Waals surface area contributed by atoms with E-state index in [0.29, 0.717) is 17.3 Å². The highest BCUT2D eigenvalue weighted by Crippen LogP contribution is 2.43. The van der Waals surface area contributed by atoms with Crippen molar-refractivity contribution in [1.29, 1.82) is 0 Å². The van der Waals surface area contributed by atoms with E-state index in [1.165, 1.54) is 17.6 Å². The second-order valence-corrected chi connectivity index (χ2v) is 10.0. The van der Waals surface area contributed by atoms with Crippen molar-refractivity contribution in [2.45, 2.75) is 66.9 Å². The topological polar surface area (TPSA) is 20.2 Å². The largest absolute Gasteiger partial charge is 0.393 e. The van der Waals surface area contributed by atoms with Gasteiger partial charge in [-0.1, -0.05) is 84.7 Å². The predicted molar refractivity (Wildman–Crippen MR) is 109 cm³/mol. The molecule has 0 aromatic rings. The molecule has 24 heavy (non-hydrogen) atoms. The van der Waals surface area contributed by atoms with Gasteiger partial charge in [0.1, 0.15) is 0 Å². The van der Waals surface area contributed by atoms with Crippen molar-refractivity contribution in [2.75, 3.05) is 0 Å². The molecule has 1 nitrogen and oxygen atoms in total. The molecule has 2 aliphatic rings. The van der Waals surface area contributed by atoms with Crippen LogP contribution in [-0.2, 0) is 0 Å². The van der Waals surface area contributed by atoms with Gasteiger partial charge in [0, 0.05) is 0 Å². The normalized spacial score (nSPS) is 33.4. The van der Waals surface area contributed by atoms with E-state index in [9.17, 15) is 5.11 Å². The average molecular weight is 346 g/mol. The van der Waals surface area contributed by atoms with Crippen LogP contribution in [0.25, 0.3) is 0 Å². The van der Waals surface area contributed by atoms with Gasteiger partial charge in [-0.15, -0.1) is 0 Å². The molecule has 0 amide bonds. The van der Waals surface area contributed by atoms with E-state index >= 15 is 0 Å². The Morgan fingerprint density at radius 3 is 2.54 bits per heavy atom. The van der Waals surface area contributed by atoms with Crippen LogP contribution in [0.1, 0.15) is 60.8 Å². The van der Waals surface area contributed by atoms with E-state index in [-0.39, 0.29) is 11.5 Å². The Morgan fingerprint density at radius 1 is 1.21 bits per heavy atom. The van der Waals surface area contributed by atoms with Crippen LogP contribution < -0.4 is 0 Å². The molecule has 0 aromatic heterocycles. The van der Waals surface area contributed by atoms with Crippen molar-refractivity contribution in [3.05, 3.63) is 47.1 Å². The summed E-state index contributed by atoms with van der Waals surface area (Å²) in [6.07, 6.45) is 12.1. The molecule has 0 bridgehead atoms. The van der Waals surface area contributed by atoms with Crippen molar-refractivity contribution >= 4 is 8.58 Å². The lowest BCUT2D eigenvalue weighted by molar-refractivity contribution is 0.116. The van der Waals surface area contributed by atoms with Crippen molar-refractivity contribution in [3.63, 3.8) is 0 Å². The summed E-state index contributed by atoms with van der Waals surface area (Å²) in [5.74, 6) is 5.93. The Hall–Kier alpha value is -0.650. The van der Waals surface area contributed by atoms with Gasteiger partial charge < -0.3 is 5.11 Å². The zero-order chi connectivity index (χ0) is 18.0. The maximum Gasteiger partial charge on any atom is 0.0585 e. The van der Waals surface area contributed by atoms with Gasteiger partial charge in [0.05, 0.1) is 6.10 Å². The van der Waals surface area contributed by atoms with Gasteiger partial charge in [0.2, 0.25) is 0 Å². The van der Waals surface area contributed by atoms with Crippen LogP contribution in [0.15, 0.2) is 47.1 Å². The molecule has 0 spiro atoms. The van der Waals surface area contributed by atoms with Crippen LogP contribution >= 0.6 is 8.58 Å². The van der Waals surface area contributed by atoms with E-state index in [0.717, 1.165) is 21.4 Å². The van der Waals surface area contributed by atoms with Crippen molar-refractivity contribution in [2.24, 2.45) is 22.7 Å². The summed E-state index contributed by atoms with van der Waals surface area (Å²) in [6, 6.07) is 0. The first kappa shape index (κ1) is 19.7. The molecular weight excluding hydrogens is 311 g/mol. The summed E-state index contributed by atoms with van der Waals surface area (Å²) in [6.45, 7) is 13.7. The zero-order valence-electron chi connectivity index (χ0n) is 16.3. The standard InChI is InChI=1S/C22H35OP/c1-16-8-7-11-21(3,4)19(16)9-12-24-13-10-20-17(2)14-18(23)15-22(20,5)6/h7-10,12-13,16,18-19,23-24H,11,14-15H2,1-6H3/b12-9+,13-10+/t16?,18-,19+/m1/s1. The molecule has 134 valence electrons. The minimum absolute atomic E-state index is 0.0805. The van der Waals surface area contributed by atoms with Gasteiger partial charge >= 0.3 is 0 Å². The molecule has 0 aliphatic heterocycles. The van der Waals surface area contributed by atoms with Gasteiger partial charge in [-0.25, -0.2) is 0 Å².